The van der Waals surface area contributed by atoms with Crippen molar-refractivity contribution in [3.05, 3.63) is 64.4 Å². The first-order valence-corrected chi connectivity index (χ1v) is 9.70. The summed E-state index contributed by atoms with van der Waals surface area (Å²) < 4.78 is 6.03. The van der Waals surface area contributed by atoms with Gasteiger partial charge in [0, 0.05) is 6.04 Å². The highest BCUT2D eigenvalue weighted by atomic mass is 32.1. The highest BCUT2D eigenvalue weighted by Gasteiger charge is 2.26. The first-order valence-electron chi connectivity index (χ1n) is 8.47. The minimum absolute atomic E-state index is 0.439. The van der Waals surface area contributed by atoms with Crippen LogP contribution < -0.4 is 0 Å². The highest BCUT2D eigenvalue weighted by Crippen LogP contribution is 2.35. The Hall–Kier alpha value is -2.02. The Morgan fingerprint density at radius 3 is 2.92 bits per heavy atom. The van der Waals surface area contributed by atoms with Crippen molar-refractivity contribution in [3.8, 4) is 0 Å². The average molecular weight is 367 g/mol. The Balaban J connectivity index is 1.50. The third-order valence-corrected chi connectivity index (χ3v) is 6.51. The molecule has 0 saturated heterocycles. The summed E-state index contributed by atoms with van der Waals surface area (Å²) in [6.07, 6.45) is 2.31. The summed E-state index contributed by atoms with van der Waals surface area (Å²) in [5, 5.41) is 4.77. The van der Waals surface area contributed by atoms with Gasteiger partial charge in [-0.05, 0) is 55.4 Å². The van der Waals surface area contributed by atoms with Gasteiger partial charge in [0.2, 0.25) is 9.73 Å². The molecule has 0 aliphatic heterocycles. The van der Waals surface area contributed by atoms with Crippen LogP contribution in [0.1, 0.15) is 23.6 Å². The van der Waals surface area contributed by atoms with Gasteiger partial charge in [-0.2, -0.15) is 0 Å². The van der Waals surface area contributed by atoms with Gasteiger partial charge in [0.15, 0.2) is 0 Å². The molecule has 0 spiro atoms. The van der Waals surface area contributed by atoms with Gasteiger partial charge in [-0.3, -0.25) is 9.30 Å². The molecule has 0 amide bonds. The molecule has 0 saturated carbocycles. The number of fused-ring (bicyclic) bond motifs is 4. The Bertz CT molecular complexity index is 1140. The molecule has 25 heavy (non-hydrogen) atoms. The second kappa shape index (κ2) is 5.76. The van der Waals surface area contributed by atoms with Crippen molar-refractivity contribution >= 4 is 38.7 Å². The van der Waals surface area contributed by atoms with Crippen molar-refractivity contribution in [3.63, 3.8) is 0 Å². The van der Waals surface area contributed by atoms with E-state index in [-0.39, 0.29) is 0 Å². The summed E-state index contributed by atoms with van der Waals surface area (Å²) >= 11 is 7.41. The summed E-state index contributed by atoms with van der Waals surface area (Å²) in [5.74, 6) is 0. The Kier molecular flexibility index (Phi) is 3.51. The maximum Gasteiger partial charge on any atom is 0.216 e. The number of benzene rings is 2. The fourth-order valence-corrected chi connectivity index (χ4v) is 5.25. The molecule has 1 aliphatic rings. The topological polar surface area (TPSA) is 25.5 Å². The molecule has 0 bridgehead atoms. The summed E-state index contributed by atoms with van der Waals surface area (Å²) in [4.78, 5) is 3.33. The molecule has 5 rings (SSSR count). The minimum Gasteiger partial charge on any atom is -0.280 e. The second-order valence-electron chi connectivity index (χ2n) is 6.62. The van der Waals surface area contributed by atoms with E-state index >= 15 is 0 Å². The third kappa shape index (κ3) is 2.36. The molecular formula is C19H18N4S2. The fraction of sp³-hybridized carbons (Fsp3) is 0.263. The zero-order valence-electron chi connectivity index (χ0n) is 13.9. The van der Waals surface area contributed by atoms with E-state index in [1.54, 1.807) is 11.3 Å². The molecule has 4 aromatic rings. The number of rotatable bonds is 3. The van der Waals surface area contributed by atoms with Crippen LogP contribution >= 0.6 is 23.6 Å². The fourth-order valence-electron chi connectivity index (χ4n) is 3.88. The predicted molar refractivity (Wildman–Crippen MR) is 105 cm³/mol. The number of nitrogens with zero attached hydrogens (tertiary/aromatic N) is 4. The molecule has 0 fully saturated rings. The smallest absolute Gasteiger partial charge is 0.216 e. The molecule has 2 aromatic heterocycles. The second-order valence-corrected chi connectivity index (χ2v) is 8.00. The lowest BCUT2D eigenvalue weighted by Crippen LogP contribution is -2.26. The van der Waals surface area contributed by atoms with Gasteiger partial charge < -0.3 is 0 Å². The van der Waals surface area contributed by atoms with Gasteiger partial charge in [0.05, 0.1) is 16.9 Å². The van der Waals surface area contributed by atoms with E-state index in [1.807, 2.05) is 4.68 Å². The van der Waals surface area contributed by atoms with Crippen LogP contribution in [0.25, 0.3) is 15.2 Å². The molecule has 2 heterocycles. The van der Waals surface area contributed by atoms with Crippen LogP contribution in [0.4, 0.5) is 0 Å². The van der Waals surface area contributed by atoms with Gasteiger partial charge in [0.25, 0.3) is 0 Å². The lowest BCUT2D eigenvalue weighted by Gasteiger charge is -2.24. The van der Waals surface area contributed by atoms with Crippen LogP contribution in [-0.4, -0.2) is 26.1 Å². The molecule has 6 heteroatoms. The van der Waals surface area contributed by atoms with Crippen molar-refractivity contribution < 1.29 is 0 Å². The zero-order valence-corrected chi connectivity index (χ0v) is 15.6. The molecule has 1 unspecified atom stereocenters. The molecule has 1 atom stereocenters. The molecule has 126 valence electrons. The molecule has 0 radical (unpaired) electrons. The van der Waals surface area contributed by atoms with Gasteiger partial charge in [-0.1, -0.05) is 47.7 Å². The lowest BCUT2D eigenvalue weighted by molar-refractivity contribution is 0.182. The molecule has 1 aliphatic carbocycles. The van der Waals surface area contributed by atoms with Crippen molar-refractivity contribution in [1.29, 1.82) is 0 Å². The summed E-state index contributed by atoms with van der Waals surface area (Å²) in [6, 6.07) is 17.5. The molecule has 4 nitrogen and oxygen atoms in total. The molecule has 0 N–H and O–H groups in total. The van der Waals surface area contributed by atoms with Crippen LogP contribution in [0.3, 0.4) is 0 Å². The first-order chi connectivity index (χ1) is 12.2. The number of aromatic nitrogens is 3. The Morgan fingerprint density at radius 2 is 2.00 bits per heavy atom. The van der Waals surface area contributed by atoms with E-state index < -0.39 is 0 Å². The number of hydrogen-bond acceptors (Lipinski definition) is 4. The van der Waals surface area contributed by atoms with Crippen LogP contribution in [0, 0.1) is 4.77 Å². The monoisotopic (exact) mass is 366 g/mol. The predicted octanol–water partition coefficient (Wildman–Crippen LogP) is 4.66. The number of thiazole rings is 1. The zero-order chi connectivity index (χ0) is 17.0. The number of hydrogen-bond donors (Lipinski definition) is 0. The van der Waals surface area contributed by atoms with Crippen LogP contribution in [0.15, 0.2) is 48.5 Å². The van der Waals surface area contributed by atoms with Gasteiger partial charge >= 0.3 is 0 Å². The van der Waals surface area contributed by atoms with Gasteiger partial charge in [0.1, 0.15) is 0 Å². The third-order valence-electron chi connectivity index (χ3n) is 5.11. The van der Waals surface area contributed by atoms with E-state index in [9.17, 15) is 0 Å². The summed E-state index contributed by atoms with van der Waals surface area (Å²) in [5.41, 5.74) is 4.07. The van der Waals surface area contributed by atoms with E-state index in [0.717, 1.165) is 28.1 Å². The maximum absolute atomic E-state index is 5.72. The SMILES string of the molecule is CN(Cn1nc2sc3ccccc3n2c1=S)C1CCc2ccccc21. The summed E-state index contributed by atoms with van der Waals surface area (Å²) in [6.45, 7) is 0.709. The van der Waals surface area contributed by atoms with Crippen molar-refractivity contribution in [2.45, 2.75) is 25.6 Å². The average Bonchev–Trinajstić information content (AvgIpc) is 3.28. The van der Waals surface area contributed by atoms with Gasteiger partial charge in [-0.15, -0.1) is 5.10 Å². The first kappa shape index (κ1) is 15.3. The number of aryl methyl sites for hydroxylation is 1. The van der Waals surface area contributed by atoms with E-state index in [4.69, 9.17) is 17.3 Å². The van der Waals surface area contributed by atoms with Crippen LogP contribution in [0.5, 0.6) is 0 Å². The normalized spacial score (nSPS) is 17.0. The van der Waals surface area contributed by atoms with Crippen molar-refractivity contribution in [2.75, 3.05) is 7.05 Å². The van der Waals surface area contributed by atoms with Gasteiger partial charge in [-0.25, -0.2) is 4.68 Å². The van der Waals surface area contributed by atoms with E-state index in [2.05, 4.69) is 64.9 Å². The van der Waals surface area contributed by atoms with Crippen LogP contribution in [0.2, 0.25) is 0 Å². The number of para-hydroxylation sites is 1. The maximum atomic E-state index is 5.72. The largest absolute Gasteiger partial charge is 0.280 e. The quantitative estimate of drug-likeness (QED) is 0.493. The van der Waals surface area contributed by atoms with Crippen LogP contribution in [-0.2, 0) is 13.1 Å². The lowest BCUT2D eigenvalue weighted by atomic mass is 10.1. The summed E-state index contributed by atoms with van der Waals surface area (Å²) in [7, 11) is 2.17. The Morgan fingerprint density at radius 1 is 1.20 bits per heavy atom. The van der Waals surface area contributed by atoms with E-state index in [1.165, 1.54) is 15.8 Å². The molecular weight excluding hydrogens is 348 g/mol. The standard InChI is InChI=1S/C19H18N4S2/c1-21(15-11-10-13-6-2-3-7-14(13)15)12-22-19(24)23-16-8-4-5-9-17(16)25-18(23)20-22/h2-9,15H,10-12H2,1H3. The minimum atomic E-state index is 0.439. The van der Waals surface area contributed by atoms with Crippen molar-refractivity contribution in [1.82, 2.24) is 19.1 Å². The Labute approximate surface area is 154 Å². The molecule has 2 aromatic carbocycles. The highest BCUT2D eigenvalue weighted by molar-refractivity contribution is 7.71. The van der Waals surface area contributed by atoms with E-state index in [0.29, 0.717) is 12.7 Å². The van der Waals surface area contributed by atoms with Crippen molar-refractivity contribution in [2.24, 2.45) is 0 Å².